The van der Waals surface area contributed by atoms with Crippen LogP contribution < -0.4 is 16.2 Å². The minimum absolute atomic E-state index is 0.0224. The Morgan fingerprint density at radius 2 is 1.82 bits per heavy atom. The third kappa shape index (κ3) is 3.47. The van der Waals surface area contributed by atoms with E-state index >= 15 is 0 Å². The van der Waals surface area contributed by atoms with Crippen molar-refractivity contribution in [2.45, 2.75) is 25.0 Å². The van der Waals surface area contributed by atoms with E-state index in [4.69, 9.17) is 11.6 Å². The molecule has 0 aliphatic carbocycles. The highest BCUT2D eigenvalue weighted by Crippen LogP contribution is 2.22. The van der Waals surface area contributed by atoms with Crippen LogP contribution in [0.3, 0.4) is 0 Å². The first-order valence-electron chi connectivity index (χ1n) is 7.31. The number of halogens is 1. The molecule has 4 nitrogen and oxygen atoms in total. The predicted molar refractivity (Wildman–Crippen MR) is 87.2 cm³/mol. The Bertz CT molecular complexity index is 647. The Morgan fingerprint density at radius 1 is 1.09 bits per heavy atom. The van der Waals surface area contributed by atoms with Crippen LogP contribution in [0.15, 0.2) is 54.6 Å². The smallest absolute Gasteiger partial charge is 0.238 e. The molecule has 5 heteroatoms. The fourth-order valence-corrected chi connectivity index (χ4v) is 2.78. The summed E-state index contributed by atoms with van der Waals surface area (Å²) in [5.74, 6) is -0.0224. The van der Waals surface area contributed by atoms with E-state index in [2.05, 4.69) is 28.3 Å². The van der Waals surface area contributed by atoms with Crippen LogP contribution >= 0.6 is 11.6 Å². The van der Waals surface area contributed by atoms with E-state index in [0.29, 0.717) is 11.6 Å². The van der Waals surface area contributed by atoms with Crippen molar-refractivity contribution in [2.24, 2.45) is 0 Å². The van der Waals surface area contributed by atoms with Gasteiger partial charge in [-0.1, -0.05) is 60.1 Å². The number of benzene rings is 2. The summed E-state index contributed by atoms with van der Waals surface area (Å²) in [6.45, 7) is 0.437. The maximum absolute atomic E-state index is 12.3. The van der Waals surface area contributed by atoms with Crippen molar-refractivity contribution < 1.29 is 4.79 Å². The molecule has 2 atom stereocenters. The van der Waals surface area contributed by atoms with Gasteiger partial charge >= 0.3 is 0 Å². The van der Waals surface area contributed by atoms with E-state index < -0.39 is 0 Å². The molecule has 1 amide bonds. The van der Waals surface area contributed by atoms with Gasteiger partial charge in [-0.15, -0.1) is 0 Å². The molecule has 1 heterocycles. The molecule has 3 N–H and O–H groups in total. The molecule has 1 aliphatic rings. The van der Waals surface area contributed by atoms with Gasteiger partial charge in [0.2, 0.25) is 5.91 Å². The van der Waals surface area contributed by atoms with E-state index in [0.717, 1.165) is 12.0 Å². The van der Waals surface area contributed by atoms with Crippen molar-refractivity contribution in [1.29, 1.82) is 0 Å². The van der Waals surface area contributed by atoms with Gasteiger partial charge in [0, 0.05) is 17.6 Å². The number of amides is 1. The molecule has 1 aliphatic heterocycles. The minimum Gasteiger partial charge on any atom is -0.351 e. The third-order valence-electron chi connectivity index (χ3n) is 3.83. The van der Waals surface area contributed by atoms with E-state index in [-0.39, 0.29) is 18.0 Å². The Balaban J connectivity index is 1.55. The Hall–Kier alpha value is -1.88. The van der Waals surface area contributed by atoms with Crippen molar-refractivity contribution in [3.63, 3.8) is 0 Å². The molecule has 2 unspecified atom stereocenters. The van der Waals surface area contributed by atoms with Gasteiger partial charge in [-0.2, -0.15) is 0 Å². The summed E-state index contributed by atoms with van der Waals surface area (Å²) >= 11 is 6.09. The quantitative estimate of drug-likeness (QED) is 0.813. The number of carbonyl (C=O) groups is 1. The Labute approximate surface area is 134 Å². The summed E-state index contributed by atoms with van der Waals surface area (Å²) in [7, 11) is 0. The molecular formula is C17H18ClN3O. The van der Waals surface area contributed by atoms with Crippen molar-refractivity contribution >= 4 is 17.5 Å². The molecule has 3 rings (SSSR count). The van der Waals surface area contributed by atoms with Gasteiger partial charge in [0.25, 0.3) is 0 Å². The van der Waals surface area contributed by atoms with Crippen LogP contribution in [0.2, 0.25) is 5.02 Å². The molecule has 0 spiro atoms. The van der Waals surface area contributed by atoms with Gasteiger partial charge in [-0.05, 0) is 23.6 Å². The van der Waals surface area contributed by atoms with Crippen LogP contribution in [0.25, 0.3) is 0 Å². The average Bonchev–Trinajstić information content (AvgIpc) is 3.05. The highest BCUT2D eigenvalue weighted by molar-refractivity contribution is 6.31. The zero-order valence-electron chi connectivity index (χ0n) is 12.1. The van der Waals surface area contributed by atoms with Crippen molar-refractivity contribution in [2.75, 3.05) is 0 Å². The van der Waals surface area contributed by atoms with Crippen molar-refractivity contribution in [1.82, 2.24) is 16.2 Å². The fraction of sp³-hybridized carbons (Fsp3) is 0.235. The second-order valence-corrected chi connectivity index (χ2v) is 5.76. The standard InChI is InChI=1S/C17H18ClN3O/c18-14-9-5-4-8-13(14)11-19-17(22)16-10-15(20-21-16)12-6-2-1-3-7-12/h1-9,15-16,20-21H,10-11H2,(H,19,22). The highest BCUT2D eigenvalue weighted by Gasteiger charge is 2.29. The summed E-state index contributed by atoms with van der Waals surface area (Å²) in [5.41, 5.74) is 8.33. The molecule has 2 aromatic carbocycles. The largest absolute Gasteiger partial charge is 0.351 e. The maximum atomic E-state index is 12.3. The topological polar surface area (TPSA) is 53.2 Å². The van der Waals surface area contributed by atoms with Crippen LogP contribution in [0, 0.1) is 0 Å². The van der Waals surface area contributed by atoms with Crippen molar-refractivity contribution in [3.05, 3.63) is 70.7 Å². The first-order valence-corrected chi connectivity index (χ1v) is 7.69. The first kappa shape index (κ1) is 15.0. The van der Waals surface area contributed by atoms with Gasteiger partial charge in [0.05, 0.1) is 0 Å². The molecule has 0 radical (unpaired) electrons. The SMILES string of the molecule is O=C(NCc1ccccc1Cl)C1CC(c2ccccc2)NN1. The molecule has 0 bridgehead atoms. The first-order chi connectivity index (χ1) is 10.7. The molecule has 2 aromatic rings. The second-order valence-electron chi connectivity index (χ2n) is 5.35. The summed E-state index contributed by atoms with van der Waals surface area (Å²) in [6.07, 6.45) is 0.721. The van der Waals surface area contributed by atoms with Crippen LogP contribution in [-0.4, -0.2) is 11.9 Å². The summed E-state index contributed by atoms with van der Waals surface area (Å²) in [6, 6.07) is 17.5. The molecule has 1 fully saturated rings. The zero-order chi connectivity index (χ0) is 15.4. The van der Waals surface area contributed by atoms with Gasteiger partial charge in [0.15, 0.2) is 0 Å². The summed E-state index contributed by atoms with van der Waals surface area (Å²) in [5, 5.41) is 3.60. The van der Waals surface area contributed by atoms with Gasteiger partial charge in [-0.3, -0.25) is 4.79 Å². The van der Waals surface area contributed by atoms with Crippen LogP contribution in [0.5, 0.6) is 0 Å². The molecule has 22 heavy (non-hydrogen) atoms. The maximum Gasteiger partial charge on any atom is 0.238 e. The monoisotopic (exact) mass is 315 g/mol. The van der Waals surface area contributed by atoms with E-state index in [9.17, 15) is 4.79 Å². The molecular weight excluding hydrogens is 298 g/mol. The lowest BCUT2D eigenvalue weighted by atomic mass is 10.0. The summed E-state index contributed by atoms with van der Waals surface area (Å²) in [4.78, 5) is 12.3. The lowest BCUT2D eigenvalue weighted by Gasteiger charge is -2.11. The zero-order valence-corrected chi connectivity index (χ0v) is 12.8. The highest BCUT2D eigenvalue weighted by atomic mass is 35.5. The van der Waals surface area contributed by atoms with Crippen LogP contribution in [-0.2, 0) is 11.3 Å². The lowest BCUT2D eigenvalue weighted by molar-refractivity contribution is -0.123. The lowest BCUT2D eigenvalue weighted by Crippen LogP contribution is -2.42. The second kappa shape index (κ2) is 6.92. The minimum atomic E-state index is -0.243. The Morgan fingerprint density at radius 3 is 2.59 bits per heavy atom. The van der Waals surface area contributed by atoms with Crippen LogP contribution in [0.1, 0.15) is 23.6 Å². The van der Waals surface area contributed by atoms with E-state index in [1.165, 1.54) is 5.56 Å². The third-order valence-corrected chi connectivity index (χ3v) is 4.20. The summed E-state index contributed by atoms with van der Waals surface area (Å²) < 4.78 is 0. The average molecular weight is 316 g/mol. The van der Waals surface area contributed by atoms with E-state index in [1.54, 1.807) is 0 Å². The number of hydrazine groups is 1. The molecule has 0 aromatic heterocycles. The fourth-order valence-electron chi connectivity index (χ4n) is 2.58. The molecule has 114 valence electrons. The van der Waals surface area contributed by atoms with Gasteiger partial charge < -0.3 is 5.32 Å². The number of hydrogen-bond donors (Lipinski definition) is 3. The molecule has 0 saturated carbocycles. The molecule has 1 saturated heterocycles. The number of hydrogen-bond acceptors (Lipinski definition) is 3. The number of nitrogens with one attached hydrogen (secondary N) is 3. The van der Waals surface area contributed by atoms with Crippen LogP contribution in [0.4, 0.5) is 0 Å². The number of carbonyl (C=O) groups excluding carboxylic acids is 1. The van der Waals surface area contributed by atoms with Gasteiger partial charge in [0.1, 0.15) is 6.04 Å². The van der Waals surface area contributed by atoms with Gasteiger partial charge in [-0.25, -0.2) is 10.9 Å². The van der Waals surface area contributed by atoms with Crippen molar-refractivity contribution in [3.8, 4) is 0 Å². The Kier molecular flexibility index (Phi) is 4.73. The van der Waals surface area contributed by atoms with E-state index in [1.807, 2.05) is 42.5 Å². The predicted octanol–water partition coefficient (Wildman–Crippen LogP) is 2.56. The normalized spacial score (nSPS) is 20.8. The number of rotatable bonds is 4.